The lowest BCUT2D eigenvalue weighted by atomic mass is 10.0. The van der Waals surface area contributed by atoms with Gasteiger partial charge < -0.3 is 10.6 Å². The molecule has 0 amide bonds. The third-order valence-corrected chi connectivity index (χ3v) is 3.47. The van der Waals surface area contributed by atoms with Crippen LogP contribution in [-0.2, 0) is 0 Å². The fourth-order valence-electron chi connectivity index (χ4n) is 2.57. The summed E-state index contributed by atoms with van der Waals surface area (Å²) in [6, 6.07) is 0.759. The molecule has 1 saturated heterocycles. The van der Waals surface area contributed by atoms with Gasteiger partial charge in [0.15, 0.2) is 0 Å². The van der Waals surface area contributed by atoms with Gasteiger partial charge in [-0.05, 0) is 44.7 Å². The van der Waals surface area contributed by atoms with Crippen LogP contribution in [0.2, 0.25) is 0 Å². The maximum absolute atomic E-state index is 3.70. The first-order valence-electron chi connectivity index (χ1n) is 5.89. The Hall–Kier alpha value is -0.0800. The summed E-state index contributed by atoms with van der Waals surface area (Å²) in [4.78, 5) is 0. The lowest BCUT2D eigenvalue weighted by Gasteiger charge is -2.25. The highest BCUT2D eigenvalue weighted by Crippen LogP contribution is 2.23. The summed E-state index contributed by atoms with van der Waals surface area (Å²) >= 11 is 0. The van der Waals surface area contributed by atoms with Crippen molar-refractivity contribution in [3.05, 3.63) is 0 Å². The Kier molecular flexibility index (Phi) is 3.62. The van der Waals surface area contributed by atoms with E-state index in [1.54, 1.807) is 0 Å². The molecule has 0 aromatic heterocycles. The van der Waals surface area contributed by atoms with Crippen molar-refractivity contribution >= 4 is 0 Å². The molecule has 0 aromatic rings. The lowest BCUT2D eigenvalue weighted by Crippen LogP contribution is -2.44. The van der Waals surface area contributed by atoms with Crippen molar-refractivity contribution in [2.45, 2.75) is 44.6 Å². The van der Waals surface area contributed by atoms with Gasteiger partial charge in [0.25, 0.3) is 0 Å². The summed E-state index contributed by atoms with van der Waals surface area (Å²) in [5, 5.41) is 7.15. The molecule has 2 fully saturated rings. The molecule has 2 heteroatoms. The third kappa shape index (κ3) is 2.96. The van der Waals surface area contributed by atoms with E-state index in [-0.39, 0.29) is 0 Å². The summed E-state index contributed by atoms with van der Waals surface area (Å²) < 4.78 is 0. The first-order valence-corrected chi connectivity index (χ1v) is 5.89. The molecular weight excluding hydrogens is 160 g/mol. The molecule has 1 heterocycles. The zero-order valence-electron chi connectivity index (χ0n) is 8.52. The molecule has 0 radical (unpaired) electrons. The number of piperidine rings is 1. The van der Waals surface area contributed by atoms with Gasteiger partial charge in [-0.15, -0.1) is 0 Å². The summed E-state index contributed by atoms with van der Waals surface area (Å²) in [5.41, 5.74) is 0. The molecule has 1 saturated carbocycles. The van der Waals surface area contributed by atoms with Crippen LogP contribution in [-0.4, -0.2) is 25.7 Å². The van der Waals surface area contributed by atoms with Crippen LogP contribution in [0.15, 0.2) is 0 Å². The van der Waals surface area contributed by atoms with Gasteiger partial charge in [0.1, 0.15) is 0 Å². The van der Waals surface area contributed by atoms with E-state index < -0.39 is 0 Å². The predicted octanol–water partition coefficient (Wildman–Crippen LogP) is 1.52. The molecule has 1 unspecified atom stereocenters. The summed E-state index contributed by atoms with van der Waals surface area (Å²) in [6.45, 7) is 3.68. The first-order chi connectivity index (χ1) is 6.45. The maximum atomic E-state index is 3.70. The average Bonchev–Trinajstić information content (AvgIpc) is 2.69. The molecule has 1 aliphatic carbocycles. The summed E-state index contributed by atoms with van der Waals surface area (Å²) in [5.74, 6) is 0.988. The van der Waals surface area contributed by atoms with Crippen LogP contribution in [0.4, 0.5) is 0 Å². The van der Waals surface area contributed by atoms with E-state index in [1.807, 2.05) is 0 Å². The fourth-order valence-corrected chi connectivity index (χ4v) is 2.57. The Morgan fingerprint density at radius 1 is 1.08 bits per heavy atom. The second-order valence-corrected chi connectivity index (χ2v) is 4.60. The van der Waals surface area contributed by atoms with Gasteiger partial charge in [0.05, 0.1) is 0 Å². The molecule has 0 aromatic carbocycles. The van der Waals surface area contributed by atoms with E-state index in [1.165, 1.54) is 58.2 Å². The molecule has 76 valence electrons. The second-order valence-electron chi connectivity index (χ2n) is 4.60. The molecule has 2 N–H and O–H groups in total. The molecule has 0 bridgehead atoms. The van der Waals surface area contributed by atoms with Gasteiger partial charge in [0, 0.05) is 12.6 Å². The van der Waals surface area contributed by atoms with Crippen molar-refractivity contribution in [1.82, 2.24) is 10.6 Å². The van der Waals surface area contributed by atoms with Crippen molar-refractivity contribution in [2.75, 3.05) is 19.6 Å². The van der Waals surface area contributed by atoms with Crippen LogP contribution in [0.1, 0.15) is 38.5 Å². The standard InChI is InChI=1S/C11H22N2/c1-2-5-10(4-1)8-13-11-6-3-7-12-9-11/h10-13H,1-9H2. The van der Waals surface area contributed by atoms with Crippen LogP contribution in [0.3, 0.4) is 0 Å². The minimum absolute atomic E-state index is 0.759. The first kappa shape index (κ1) is 9.47. The van der Waals surface area contributed by atoms with E-state index in [0.717, 1.165) is 12.0 Å². The van der Waals surface area contributed by atoms with Gasteiger partial charge in [-0.3, -0.25) is 0 Å². The topological polar surface area (TPSA) is 24.1 Å². The molecule has 0 spiro atoms. The van der Waals surface area contributed by atoms with Crippen molar-refractivity contribution in [1.29, 1.82) is 0 Å². The van der Waals surface area contributed by atoms with Crippen molar-refractivity contribution in [3.8, 4) is 0 Å². The number of hydrogen-bond acceptors (Lipinski definition) is 2. The Morgan fingerprint density at radius 3 is 2.62 bits per heavy atom. The Morgan fingerprint density at radius 2 is 1.92 bits per heavy atom. The van der Waals surface area contributed by atoms with Gasteiger partial charge >= 0.3 is 0 Å². The van der Waals surface area contributed by atoms with Crippen LogP contribution in [0, 0.1) is 5.92 Å². The van der Waals surface area contributed by atoms with Crippen LogP contribution >= 0.6 is 0 Å². The van der Waals surface area contributed by atoms with Gasteiger partial charge in [-0.25, -0.2) is 0 Å². The third-order valence-electron chi connectivity index (χ3n) is 3.47. The highest BCUT2D eigenvalue weighted by atomic mass is 15.0. The van der Waals surface area contributed by atoms with E-state index in [4.69, 9.17) is 0 Å². The number of rotatable bonds is 3. The Balaban J connectivity index is 1.60. The van der Waals surface area contributed by atoms with Gasteiger partial charge in [0.2, 0.25) is 0 Å². The van der Waals surface area contributed by atoms with E-state index >= 15 is 0 Å². The van der Waals surface area contributed by atoms with Gasteiger partial charge in [-0.2, -0.15) is 0 Å². The van der Waals surface area contributed by atoms with Gasteiger partial charge in [-0.1, -0.05) is 12.8 Å². The SMILES string of the molecule is C1CCC(CNC2CCCNC2)C1. The largest absolute Gasteiger partial charge is 0.315 e. The highest BCUT2D eigenvalue weighted by Gasteiger charge is 2.17. The summed E-state index contributed by atoms with van der Waals surface area (Å²) in [7, 11) is 0. The van der Waals surface area contributed by atoms with Crippen LogP contribution in [0.5, 0.6) is 0 Å². The lowest BCUT2D eigenvalue weighted by molar-refractivity contribution is 0.361. The number of hydrogen-bond donors (Lipinski definition) is 2. The monoisotopic (exact) mass is 182 g/mol. The van der Waals surface area contributed by atoms with E-state index in [9.17, 15) is 0 Å². The van der Waals surface area contributed by atoms with Crippen molar-refractivity contribution in [3.63, 3.8) is 0 Å². The predicted molar refractivity (Wildman–Crippen MR) is 55.9 cm³/mol. The minimum atomic E-state index is 0.759. The molecule has 2 rings (SSSR count). The highest BCUT2D eigenvalue weighted by molar-refractivity contribution is 4.77. The fraction of sp³-hybridized carbons (Fsp3) is 1.00. The molecule has 2 aliphatic rings. The van der Waals surface area contributed by atoms with Crippen molar-refractivity contribution in [2.24, 2.45) is 5.92 Å². The number of nitrogens with one attached hydrogen (secondary N) is 2. The molecule has 13 heavy (non-hydrogen) atoms. The zero-order chi connectivity index (χ0) is 8.93. The molecule has 1 atom stereocenters. The summed E-state index contributed by atoms with van der Waals surface area (Å²) in [6.07, 6.45) is 8.59. The van der Waals surface area contributed by atoms with Crippen LogP contribution in [0.25, 0.3) is 0 Å². The minimum Gasteiger partial charge on any atom is -0.315 e. The Labute approximate surface area is 81.5 Å². The van der Waals surface area contributed by atoms with E-state index in [0.29, 0.717) is 0 Å². The normalized spacial score (nSPS) is 30.9. The maximum Gasteiger partial charge on any atom is 0.0193 e. The van der Waals surface area contributed by atoms with Crippen molar-refractivity contribution < 1.29 is 0 Å². The van der Waals surface area contributed by atoms with E-state index in [2.05, 4.69) is 10.6 Å². The quantitative estimate of drug-likeness (QED) is 0.691. The van der Waals surface area contributed by atoms with Crippen LogP contribution < -0.4 is 10.6 Å². The average molecular weight is 182 g/mol. The second kappa shape index (κ2) is 4.97. The Bertz CT molecular complexity index is 135. The smallest absolute Gasteiger partial charge is 0.0193 e. The molecule has 2 nitrogen and oxygen atoms in total. The molecule has 1 aliphatic heterocycles. The molecular formula is C11H22N2. The zero-order valence-corrected chi connectivity index (χ0v) is 8.52.